The van der Waals surface area contributed by atoms with E-state index in [0.717, 1.165) is 0 Å². The van der Waals surface area contributed by atoms with E-state index in [9.17, 15) is 0 Å². The lowest BCUT2D eigenvalue weighted by Gasteiger charge is -1.90. The second-order valence-electron chi connectivity index (χ2n) is 0.984. The van der Waals surface area contributed by atoms with E-state index in [1.165, 1.54) is 11.5 Å². The third-order valence-corrected chi connectivity index (χ3v) is 13.8. The smallest absolute Gasteiger partial charge is 0.0145 e. The molecule has 0 aromatic rings. The highest BCUT2D eigenvalue weighted by Gasteiger charge is 1.99. The van der Waals surface area contributed by atoms with Gasteiger partial charge >= 0.3 is 0 Å². The fourth-order valence-corrected chi connectivity index (χ4v) is 15.1. The molecule has 1 aliphatic heterocycles. The van der Waals surface area contributed by atoms with Crippen molar-refractivity contribution in [1.82, 2.24) is 0 Å². The summed E-state index contributed by atoms with van der Waals surface area (Å²) >= 11 is 0. The molecule has 1 saturated heterocycles. The van der Waals surface area contributed by atoms with Gasteiger partial charge in [0.25, 0.3) is 0 Å². The van der Waals surface area contributed by atoms with E-state index in [1.54, 1.807) is 0 Å². The lowest BCUT2D eigenvalue weighted by Crippen LogP contribution is -1.74. The molecule has 1 aliphatic rings. The predicted molar refractivity (Wildman–Crippen MR) is 62.9 cm³/mol. The first kappa shape index (κ1) is 9.54. The average molecular weight is 253 g/mol. The van der Waals surface area contributed by atoms with Crippen molar-refractivity contribution < 1.29 is 0 Å². The average Bonchev–Trinajstić information content (AvgIpc) is 2.00. The van der Waals surface area contributed by atoms with Gasteiger partial charge in [-0.1, -0.05) is 21.6 Å². The molecule has 0 spiro atoms. The first-order valence-corrected chi connectivity index (χ1v) is 11.2. The largest absolute Gasteiger partial charge is 0.0808 e. The second-order valence-corrected chi connectivity index (χ2v) is 12.5. The van der Waals surface area contributed by atoms with Crippen LogP contribution in [0.2, 0.25) is 0 Å². The minimum atomic E-state index is 1.27. The maximum absolute atomic E-state index is 1.95. The van der Waals surface area contributed by atoms with Crippen LogP contribution in [0.3, 0.4) is 0 Å². The van der Waals surface area contributed by atoms with Crippen LogP contribution in [0.15, 0.2) is 0 Å². The van der Waals surface area contributed by atoms with Gasteiger partial charge < -0.3 is 0 Å². The van der Waals surface area contributed by atoms with Crippen molar-refractivity contribution in [3.63, 3.8) is 0 Å². The van der Waals surface area contributed by atoms with E-state index in [1.807, 2.05) is 70.7 Å². The minimum absolute atomic E-state index is 1.27. The molecule has 0 unspecified atom stereocenters. The van der Waals surface area contributed by atoms with Crippen molar-refractivity contribution in [3.05, 3.63) is 0 Å². The summed E-state index contributed by atoms with van der Waals surface area (Å²) in [5.41, 5.74) is 0. The summed E-state index contributed by atoms with van der Waals surface area (Å²) in [6.07, 6.45) is 0. The fourth-order valence-electron chi connectivity index (χ4n) is 0.209. The molecule has 0 aliphatic carbocycles. The molecule has 1 heterocycles. The lowest BCUT2D eigenvalue weighted by atomic mass is 11.0. The van der Waals surface area contributed by atoms with Crippen LogP contribution < -0.4 is 0 Å². The van der Waals surface area contributed by atoms with Gasteiger partial charge in [0, 0.05) is 11.5 Å². The van der Waals surface area contributed by atoms with E-state index < -0.39 is 0 Å². The van der Waals surface area contributed by atoms with Crippen LogP contribution in [-0.2, 0) is 0 Å². The van der Waals surface area contributed by atoms with Crippen LogP contribution >= 0.6 is 70.7 Å². The van der Waals surface area contributed by atoms with E-state index in [2.05, 4.69) is 0 Å². The summed E-state index contributed by atoms with van der Waals surface area (Å²) < 4.78 is 0. The zero-order valence-electron chi connectivity index (χ0n) is 4.27. The first-order chi connectivity index (χ1) is 4.50. The van der Waals surface area contributed by atoms with Crippen LogP contribution in [0.5, 0.6) is 0 Å². The molecule has 0 aromatic heterocycles. The Labute approximate surface area is 81.4 Å². The third kappa shape index (κ3) is 5.69. The maximum Gasteiger partial charge on any atom is 0.0145 e. The summed E-state index contributed by atoms with van der Waals surface area (Å²) in [5, 5.41) is 0. The first-order valence-electron chi connectivity index (χ1n) is 2.08. The van der Waals surface area contributed by atoms with Gasteiger partial charge in [-0.3, -0.25) is 0 Å². The standard InChI is InChI=1S/C2H4S7/c1-2-4-6-8-9-7-5-3-1/h1-2H2. The molecular weight excluding hydrogens is 248 g/mol. The predicted octanol–water partition coefficient (Wildman–Crippen LogP) is 4.62. The highest BCUT2D eigenvalue weighted by molar-refractivity contribution is 9.46. The van der Waals surface area contributed by atoms with E-state index in [-0.39, 0.29) is 0 Å². The molecule has 7 heteroatoms. The summed E-state index contributed by atoms with van der Waals surface area (Å²) in [7, 11) is 13.3. The molecule has 1 fully saturated rings. The molecule has 0 bridgehead atoms. The van der Waals surface area contributed by atoms with Gasteiger partial charge in [-0.25, -0.2) is 0 Å². The van der Waals surface area contributed by atoms with Crippen LogP contribution in [0.1, 0.15) is 0 Å². The van der Waals surface area contributed by atoms with Gasteiger partial charge in [-0.15, -0.1) is 0 Å². The molecular formula is C2H4S7. The van der Waals surface area contributed by atoms with Crippen molar-refractivity contribution in [2.75, 3.05) is 11.5 Å². The quantitative estimate of drug-likeness (QED) is 0.569. The summed E-state index contributed by atoms with van der Waals surface area (Å²) in [5.74, 6) is 2.55. The molecule has 9 heavy (non-hydrogen) atoms. The lowest BCUT2D eigenvalue weighted by molar-refractivity contribution is 1.58. The van der Waals surface area contributed by atoms with Gasteiger partial charge in [-0.2, -0.15) is 0 Å². The molecule has 0 radical (unpaired) electrons. The number of hydrogen-bond donors (Lipinski definition) is 0. The van der Waals surface area contributed by atoms with Crippen LogP contribution in [0, 0.1) is 0 Å². The van der Waals surface area contributed by atoms with Crippen molar-refractivity contribution >= 4 is 70.7 Å². The zero-order chi connectivity index (χ0) is 6.36. The SMILES string of the molecule is C1CSSSSSSS1. The Bertz CT molecular complexity index is 35.4. The number of hydrogen-bond acceptors (Lipinski definition) is 7. The molecule has 0 nitrogen and oxygen atoms in total. The van der Waals surface area contributed by atoms with E-state index in [4.69, 9.17) is 0 Å². The Morgan fingerprint density at radius 1 is 0.556 bits per heavy atom. The van der Waals surface area contributed by atoms with Crippen molar-refractivity contribution in [2.24, 2.45) is 0 Å². The molecule has 0 N–H and O–H groups in total. The van der Waals surface area contributed by atoms with Crippen molar-refractivity contribution in [2.45, 2.75) is 0 Å². The Hall–Kier alpha value is 2.45. The summed E-state index contributed by atoms with van der Waals surface area (Å²) in [6, 6.07) is 0. The van der Waals surface area contributed by atoms with Crippen LogP contribution in [0.4, 0.5) is 0 Å². The van der Waals surface area contributed by atoms with Gasteiger partial charge in [0.1, 0.15) is 0 Å². The van der Waals surface area contributed by atoms with Crippen molar-refractivity contribution in [3.8, 4) is 0 Å². The zero-order valence-corrected chi connectivity index (χ0v) is 9.99. The maximum atomic E-state index is 1.95. The van der Waals surface area contributed by atoms with E-state index in [0.29, 0.717) is 0 Å². The summed E-state index contributed by atoms with van der Waals surface area (Å²) in [4.78, 5) is 0. The number of rotatable bonds is 0. The molecule has 0 amide bonds. The molecule has 0 aromatic carbocycles. The van der Waals surface area contributed by atoms with Gasteiger partial charge in [0.05, 0.1) is 0 Å². The molecule has 54 valence electrons. The minimum Gasteiger partial charge on any atom is -0.0808 e. The third-order valence-electron chi connectivity index (χ3n) is 0.457. The molecule has 1 rings (SSSR count). The Balaban J connectivity index is 2.02. The topological polar surface area (TPSA) is 0 Å². The van der Waals surface area contributed by atoms with Crippen LogP contribution in [0.25, 0.3) is 0 Å². The van der Waals surface area contributed by atoms with E-state index >= 15 is 0 Å². The summed E-state index contributed by atoms with van der Waals surface area (Å²) in [6.45, 7) is 0. The van der Waals surface area contributed by atoms with Gasteiger partial charge in [0.2, 0.25) is 0 Å². The highest BCUT2D eigenvalue weighted by Crippen LogP contribution is 2.56. The Morgan fingerprint density at radius 3 is 1.56 bits per heavy atom. The highest BCUT2D eigenvalue weighted by atomic mass is 33.9. The normalized spacial score (nSPS) is 24.0. The van der Waals surface area contributed by atoms with Crippen molar-refractivity contribution in [1.29, 1.82) is 0 Å². The Kier molecular flexibility index (Phi) is 7.54. The molecule has 0 saturated carbocycles. The van der Waals surface area contributed by atoms with Gasteiger partial charge in [0.15, 0.2) is 0 Å². The Morgan fingerprint density at radius 2 is 1.00 bits per heavy atom. The second kappa shape index (κ2) is 7.12. The molecule has 0 atom stereocenters. The van der Waals surface area contributed by atoms with Crippen LogP contribution in [-0.4, -0.2) is 11.5 Å². The fraction of sp³-hybridized carbons (Fsp3) is 1.00. The monoisotopic (exact) mass is 252 g/mol. The van der Waals surface area contributed by atoms with Gasteiger partial charge in [-0.05, 0) is 49.1 Å².